The van der Waals surface area contributed by atoms with Crippen LogP contribution in [-0.4, -0.2) is 17.0 Å². The molecule has 0 aromatic heterocycles. The van der Waals surface area contributed by atoms with E-state index in [2.05, 4.69) is 10.6 Å². The Morgan fingerprint density at radius 2 is 1.75 bits per heavy atom. The van der Waals surface area contributed by atoms with Crippen molar-refractivity contribution in [2.75, 3.05) is 0 Å². The molecule has 0 spiro atoms. The fourth-order valence-electron chi connectivity index (χ4n) is 1.81. The Morgan fingerprint density at radius 1 is 1.19 bits per heavy atom. The van der Waals surface area contributed by atoms with Crippen LogP contribution in [0.1, 0.15) is 22.7 Å². The first-order valence-corrected chi connectivity index (χ1v) is 4.90. The van der Waals surface area contributed by atoms with Gasteiger partial charge in [0.25, 0.3) is 5.91 Å². The van der Waals surface area contributed by atoms with E-state index < -0.39 is 12.1 Å². The quantitative estimate of drug-likeness (QED) is 0.615. The van der Waals surface area contributed by atoms with Gasteiger partial charge in [0, 0.05) is 0 Å². The molecule has 0 bridgehead atoms. The molecule has 1 unspecified atom stereocenters. The predicted octanol–water partition coefficient (Wildman–Crippen LogP) is 0.890. The zero-order valence-electron chi connectivity index (χ0n) is 9.00. The molecule has 5 nitrogen and oxygen atoms in total. The molecule has 1 aliphatic heterocycles. The summed E-state index contributed by atoms with van der Waals surface area (Å²) in [5, 5.41) is 14.3. The lowest BCUT2D eigenvalue weighted by Gasteiger charge is -2.11. The fraction of sp³-hybridized carbons (Fsp3) is 0.273. The van der Waals surface area contributed by atoms with Gasteiger partial charge in [-0.2, -0.15) is 0 Å². The number of phenolic OH excluding ortho intramolecular Hbond substituents is 1. The highest BCUT2D eigenvalue weighted by atomic mass is 16.3. The van der Waals surface area contributed by atoms with Gasteiger partial charge in [-0.25, -0.2) is 4.79 Å². The van der Waals surface area contributed by atoms with Gasteiger partial charge in [0.2, 0.25) is 0 Å². The van der Waals surface area contributed by atoms with Crippen molar-refractivity contribution < 1.29 is 14.7 Å². The summed E-state index contributed by atoms with van der Waals surface area (Å²) in [5.41, 5.74) is 2.05. The number of rotatable bonds is 1. The number of phenols is 1. The number of amides is 3. The fourth-order valence-corrected chi connectivity index (χ4v) is 1.81. The maximum atomic E-state index is 11.4. The van der Waals surface area contributed by atoms with Gasteiger partial charge < -0.3 is 10.4 Å². The highest BCUT2D eigenvalue weighted by Crippen LogP contribution is 2.27. The van der Waals surface area contributed by atoms with Crippen molar-refractivity contribution >= 4 is 11.9 Å². The Bertz CT molecular complexity index is 459. The maximum absolute atomic E-state index is 11.4. The summed E-state index contributed by atoms with van der Waals surface area (Å²) in [6.07, 6.45) is 0. The lowest BCUT2D eigenvalue weighted by atomic mass is 10.0. The van der Waals surface area contributed by atoms with Crippen LogP contribution in [0.15, 0.2) is 12.1 Å². The Hall–Kier alpha value is -2.04. The molecule has 16 heavy (non-hydrogen) atoms. The van der Waals surface area contributed by atoms with Crippen LogP contribution in [0.25, 0.3) is 0 Å². The number of carbonyl (C=O) groups excluding carboxylic acids is 2. The minimum atomic E-state index is -0.662. The summed E-state index contributed by atoms with van der Waals surface area (Å²) < 4.78 is 0. The van der Waals surface area contributed by atoms with E-state index in [4.69, 9.17) is 0 Å². The van der Waals surface area contributed by atoms with E-state index in [1.54, 1.807) is 26.0 Å². The van der Waals surface area contributed by atoms with Crippen molar-refractivity contribution in [3.05, 3.63) is 28.8 Å². The third kappa shape index (κ3) is 1.60. The summed E-state index contributed by atoms with van der Waals surface area (Å²) in [6.45, 7) is 3.50. The van der Waals surface area contributed by atoms with Crippen molar-refractivity contribution in [1.82, 2.24) is 10.6 Å². The normalized spacial score (nSPS) is 19.5. The summed E-state index contributed by atoms with van der Waals surface area (Å²) in [6, 6.07) is 2.24. The number of nitrogens with one attached hydrogen (secondary N) is 2. The molecule has 0 radical (unpaired) electrons. The summed E-state index contributed by atoms with van der Waals surface area (Å²) in [4.78, 5) is 22.4. The number of urea groups is 1. The Labute approximate surface area is 92.5 Å². The second-order valence-corrected chi connectivity index (χ2v) is 3.90. The Balaban J connectivity index is 2.42. The number of carbonyl (C=O) groups is 2. The third-order valence-corrected chi connectivity index (χ3v) is 2.62. The summed E-state index contributed by atoms with van der Waals surface area (Å²) >= 11 is 0. The van der Waals surface area contributed by atoms with Crippen molar-refractivity contribution in [3.63, 3.8) is 0 Å². The number of aromatic hydroxyl groups is 1. The summed E-state index contributed by atoms with van der Waals surface area (Å²) in [7, 11) is 0. The van der Waals surface area contributed by atoms with E-state index in [-0.39, 0.29) is 11.7 Å². The molecule has 1 fully saturated rings. The van der Waals surface area contributed by atoms with Crippen LogP contribution < -0.4 is 10.6 Å². The SMILES string of the molecule is Cc1cc(C2NC(=O)NC2=O)cc(C)c1O. The average Bonchev–Trinajstić information content (AvgIpc) is 2.53. The molecule has 1 heterocycles. The zero-order chi connectivity index (χ0) is 11.9. The predicted molar refractivity (Wildman–Crippen MR) is 57.0 cm³/mol. The van der Waals surface area contributed by atoms with Gasteiger partial charge in [0.1, 0.15) is 11.8 Å². The summed E-state index contributed by atoms with van der Waals surface area (Å²) in [5.74, 6) is -0.150. The number of aryl methyl sites for hydroxylation is 2. The topological polar surface area (TPSA) is 78.4 Å². The highest BCUT2D eigenvalue weighted by molar-refractivity contribution is 6.04. The van der Waals surface area contributed by atoms with E-state index in [0.29, 0.717) is 16.7 Å². The van der Waals surface area contributed by atoms with Crippen LogP contribution in [0.4, 0.5) is 4.79 Å². The van der Waals surface area contributed by atoms with E-state index >= 15 is 0 Å². The number of hydrogen-bond acceptors (Lipinski definition) is 3. The van der Waals surface area contributed by atoms with Gasteiger partial charge in [0.15, 0.2) is 0 Å². The molecule has 84 valence electrons. The molecule has 0 aliphatic carbocycles. The molecule has 2 rings (SSSR count). The largest absolute Gasteiger partial charge is 0.507 e. The third-order valence-electron chi connectivity index (χ3n) is 2.62. The molecule has 1 atom stereocenters. The van der Waals surface area contributed by atoms with Crippen LogP contribution in [0.3, 0.4) is 0 Å². The minimum absolute atomic E-state index is 0.216. The van der Waals surface area contributed by atoms with Crippen molar-refractivity contribution in [1.29, 1.82) is 0 Å². The number of benzene rings is 1. The van der Waals surface area contributed by atoms with Gasteiger partial charge in [-0.05, 0) is 42.7 Å². The van der Waals surface area contributed by atoms with Crippen LogP contribution in [0, 0.1) is 13.8 Å². The molecule has 1 aromatic rings. The van der Waals surface area contributed by atoms with Crippen LogP contribution in [-0.2, 0) is 4.79 Å². The van der Waals surface area contributed by atoms with Gasteiger partial charge in [-0.1, -0.05) is 0 Å². The molecule has 1 aromatic carbocycles. The van der Waals surface area contributed by atoms with E-state index in [1.165, 1.54) is 0 Å². The smallest absolute Gasteiger partial charge is 0.322 e. The standard InChI is InChI=1S/C11H12N2O3/c1-5-3-7(4-6(2)9(5)14)8-10(15)13-11(16)12-8/h3-4,8,14H,1-2H3,(H2,12,13,15,16). The Morgan fingerprint density at radius 3 is 2.19 bits per heavy atom. The molecule has 3 N–H and O–H groups in total. The average molecular weight is 220 g/mol. The molecular formula is C11H12N2O3. The second-order valence-electron chi connectivity index (χ2n) is 3.90. The highest BCUT2D eigenvalue weighted by Gasteiger charge is 2.31. The molecule has 1 aliphatic rings. The van der Waals surface area contributed by atoms with Gasteiger partial charge in [-0.15, -0.1) is 0 Å². The maximum Gasteiger partial charge on any atom is 0.322 e. The van der Waals surface area contributed by atoms with Crippen molar-refractivity contribution in [2.45, 2.75) is 19.9 Å². The van der Waals surface area contributed by atoms with Gasteiger partial charge in [0.05, 0.1) is 0 Å². The monoisotopic (exact) mass is 220 g/mol. The first-order chi connectivity index (χ1) is 7.49. The second kappa shape index (κ2) is 3.52. The number of hydrogen-bond donors (Lipinski definition) is 3. The van der Waals surface area contributed by atoms with E-state index in [1.807, 2.05) is 0 Å². The van der Waals surface area contributed by atoms with Crippen LogP contribution in [0.5, 0.6) is 5.75 Å². The molecular weight excluding hydrogens is 208 g/mol. The van der Waals surface area contributed by atoms with Gasteiger partial charge in [-0.3, -0.25) is 10.1 Å². The van der Waals surface area contributed by atoms with E-state index in [9.17, 15) is 14.7 Å². The first kappa shape index (κ1) is 10.5. The molecule has 1 saturated heterocycles. The van der Waals surface area contributed by atoms with Crippen molar-refractivity contribution in [3.8, 4) is 5.75 Å². The van der Waals surface area contributed by atoms with E-state index in [0.717, 1.165) is 0 Å². The lowest BCUT2D eigenvalue weighted by molar-refractivity contribution is -0.120. The molecule has 3 amide bonds. The van der Waals surface area contributed by atoms with Gasteiger partial charge >= 0.3 is 6.03 Å². The Kier molecular flexibility index (Phi) is 2.30. The van der Waals surface area contributed by atoms with Crippen LogP contribution >= 0.6 is 0 Å². The van der Waals surface area contributed by atoms with Crippen molar-refractivity contribution in [2.24, 2.45) is 0 Å². The minimum Gasteiger partial charge on any atom is -0.507 e. The van der Waals surface area contributed by atoms with Crippen LogP contribution in [0.2, 0.25) is 0 Å². The lowest BCUT2D eigenvalue weighted by Crippen LogP contribution is -2.22. The molecule has 0 saturated carbocycles. The molecule has 5 heteroatoms. The first-order valence-electron chi connectivity index (χ1n) is 4.90. The number of imide groups is 1. The zero-order valence-corrected chi connectivity index (χ0v) is 9.00.